The maximum absolute atomic E-state index is 6.51. The van der Waals surface area contributed by atoms with Gasteiger partial charge in [0.05, 0.1) is 22.1 Å². The van der Waals surface area contributed by atoms with E-state index in [1.807, 2.05) is 24.3 Å². The Hall–Kier alpha value is -8.55. The zero-order chi connectivity index (χ0) is 41.9. The number of hydrogen-bond donors (Lipinski definition) is 0. The Morgan fingerprint density at radius 2 is 0.875 bits per heavy atom. The minimum absolute atomic E-state index is 0.0295. The van der Waals surface area contributed by atoms with Gasteiger partial charge in [-0.2, -0.15) is 0 Å². The molecule has 7 heteroatoms. The molecule has 1 aliphatic heterocycles. The molecule has 1 aliphatic carbocycles. The lowest BCUT2D eigenvalue weighted by molar-refractivity contribution is 0.269. The average Bonchev–Trinajstić information content (AvgIpc) is 4.11. The van der Waals surface area contributed by atoms with Crippen molar-refractivity contribution in [3.8, 4) is 51.3 Å². The summed E-state index contributed by atoms with van der Waals surface area (Å²) in [4.78, 5) is 15.9. The summed E-state index contributed by atoms with van der Waals surface area (Å²) in [7, 11) is 0. The van der Waals surface area contributed by atoms with Crippen LogP contribution in [0.4, 0.5) is 0 Å². The largest absolute Gasteiger partial charge is 0.485 e. The van der Waals surface area contributed by atoms with Crippen LogP contribution >= 0.6 is 0 Å². The molecule has 4 aromatic heterocycles. The lowest BCUT2D eigenvalue weighted by atomic mass is 9.91. The number of aromatic nitrogens is 5. The van der Waals surface area contributed by atoms with E-state index in [4.69, 9.17) is 24.1 Å². The van der Waals surface area contributed by atoms with Crippen molar-refractivity contribution in [2.75, 3.05) is 0 Å². The highest BCUT2D eigenvalue weighted by Crippen LogP contribution is 2.44. The van der Waals surface area contributed by atoms with Crippen molar-refractivity contribution in [2.45, 2.75) is 12.0 Å². The Morgan fingerprint density at radius 3 is 1.48 bits per heavy atom. The lowest BCUT2D eigenvalue weighted by Crippen LogP contribution is -2.15. The summed E-state index contributed by atoms with van der Waals surface area (Å²) in [6.45, 7) is 0. The van der Waals surface area contributed by atoms with Gasteiger partial charge < -0.3 is 18.3 Å². The first-order chi connectivity index (χ1) is 31.7. The highest BCUT2D eigenvalue weighted by atomic mass is 16.5. The number of hydrogen-bond acceptors (Lipinski definition) is 5. The predicted molar refractivity (Wildman–Crippen MR) is 258 cm³/mol. The van der Waals surface area contributed by atoms with Gasteiger partial charge in [0.15, 0.2) is 17.5 Å². The molecule has 0 bridgehead atoms. The summed E-state index contributed by atoms with van der Waals surface area (Å²) >= 11 is 0. The number of allylic oxidation sites excluding steroid dienone is 2. The maximum atomic E-state index is 6.51. The molecule has 14 rings (SSSR count). The van der Waals surface area contributed by atoms with Crippen LogP contribution in [0, 0.1) is 0 Å². The first-order valence-corrected chi connectivity index (χ1v) is 21.7. The lowest BCUT2D eigenvalue weighted by Gasteiger charge is -2.16. The second-order valence-electron chi connectivity index (χ2n) is 16.7. The topological polar surface area (TPSA) is 70.9 Å². The van der Waals surface area contributed by atoms with E-state index in [1.54, 1.807) is 0 Å². The molecule has 12 aromatic rings. The molecule has 0 amide bonds. The Labute approximate surface area is 366 Å². The standard InChI is InChI=1S/C57H35N5O2/c1-7-19-47-39(13-1)40-14-2-8-20-48(40)61(47)37-29-36(30-38(33-37)62-49-21-9-3-15-41(49)42-16-4-10-22-50(42)62)57-59-55(34-25-27-45-43-17-5-11-23-51(43)63-53(45)31-34)58-56(60-57)35-26-28-46-44-18-6-12-24-52(44)64-54(46)32-35/h1-33,43,51H. The molecule has 2 unspecified atom stereocenters. The zero-order valence-electron chi connectivity index (χ0n) is 34.3. The van der Waals surface area contributed by atoms with Gasteiger partial charge in [-0.25, -0.2) is 15.0 Å². The number of fused-ring (bicyclic) bond motifs is 12. The molecule has 0 N–H and O–H groups in total. The van der Waals surface area contributed by atoms with E-state index < -0.39 is 0 Å². The molecule has 0 saturated carbocycles. The number of furan rings is 1. The maximum Gasteiger partial charge on any atom is 0.164 e. The van der Waals surface area contributed by atoms with Crippen LogP contribution < -0.4 is 4.74 Å². The molecule has 0 fully saturated rings. The summed E-state index contributed by atoms with van der Waals surface area (Å²) in [6, 6.07) is 62.0. The van der Waals surface area contributed by atoms with Crippen molar-refractivity contribution < 1.29 is 9.15 Å². The van der Waals surface area contributed by atoms with Crippen molar-refractivity contribution in [1.29, 1.82) is 0 Å². The molecule has 2 aliphatic rings. The van der Waals surface area contributed by atoms with Crippen LogP contribution in [-0.4, -0.2) is 30.2 Å². The monoisotopic (exact) mass is 821 g/mol. The summed E-state index contributed by atoms with van der Waals surface area (Å²) in [5.41, 5.74) is 11.8. The molecular formula is C57H35N5O2. The van der Waals surface area contributed by atoms with E-state index in [1.165, 1.54) is 21.5 Å². The molecule has 64 heavy (non-hydrogen) atoms. The predicted octanol–water partition coefficient (Wildman–Crippen LogP) is 13.9. The number of nitrogens with zero attached hydrogens (tertiary/aromatic N) is 5. The SMILES string of the molecule is C1=CC2Oc3cc(-c4nc(-c5cc(-n6c7ccccc7c7ccccc76)cc(-n6c7ccccc7c7ccccc76)c5)nc(-c5ccc6c(c5)oc5ccccc56)n4)ccc3C2C=C1. The highest BCUT2D eigenvalue weighted by molar-refractivity contribution is 6.11. The van der Waals surface area contributed by atoms with E-state index in [0.717, 1.165) is 83.4 Å². The van der Waals surface area contributed by atoms with Crippen molar-refractivity contribution in [3.63, 3.8) is 0 Å². The quantitative estimate of drug-likeness (QED) is 0.173. The molecule has 5 heterocycles. The molecule has 0 spiro atoms. The molecule has 300 valence electrons. The van der Waals surface area contributed by atoms with Crippen LogP contribution in [0.3, 0.4) is 0 Å². The molecule has 7 nitrogen and oxygen atoms in total. The van der Waals surface area contributed by atoms with Gasteiger partial charge in [0.2, 0.25) is 0 Å². The van der Waals surface area contributed by atoms with Gasteiger partial charge in [-0.3, -0.25) is 0 Å². The van der Waals surface area contributed by atoms with Gasteiger partial charge in [0, 0.05) is 71.9 Å². The first-order valence-electron chi connectivity index (χ1n) is 21.7. The molecule has 2 atom stereocenters. The minimum Gasteiger partial charge on any atom is -0.485 e. The van der Waals surface area contributed by atoms with Gasteiger partial charge in [0.1, 0.15) is 23.0 Å². The van der Waals surface area contributed by atoms with E-state index in [-0.39, 0.29) is 12.0 Å². The summed E-state index contributed by atoms with van der Waals surface area (Å²) in [5, 5.41) is 6.89. The third kappa shape index (κ3) is 5.24. The molecule has 0 saturated heterocycles. The Kier molecular flexibility index (Phi) is 7.39. The van der Waals surface area contributed by atoms with Crippen LogP contribution in [0.25, 0.3) is 111 Å². The van der Waals surface area contributed by atoms with Crippen molar-refractivity contribution >= 4 is 65.6 Å². The Balaban J connectivity index is 1.04. The normalized spacial score (nSPS) is 15.5. The van der Waals surface area contributed by atoms with E-state index in [0.29, 0.717) is 17.5 Å². The smallest absolute Gasteiger partial charge is 0.164 e. The van der Waals surface area contributed by atoms with E-state index in [2.05, 4.69) is 185 Å². The van der Waals surface area contributed by atoms with Crippen molar-refractivity contribution in [1.82, 2.24) is 24.1 Å². The summed E-state index contributed by atoms with van der Waals surface area (Å²) in [6.07, 6.45) is 8.45. The van der Waals surface area contributed by atoms with Gasteiger partial charge in [0.25, 0.3) is 0 Å². The zero-order valence-corrected chi connectivity index (χ0v) is 34.3. The summed E-state index contributed by atoms with van der Waals surface area (Å²) in [5.74, 6) is 2.67. The molecule has 0 radical (unpaired) electrons. The second kappa shape index (κ2) is 13.5. The molecular weight excluding hydrogens is 787 g/mol. The van der Waals surface area contributed by atoms with Gasteiger partial charge in [-0.15, -0.1) is 0 Å². The third-order valence-corrected chi connectivity index (χ3v) is 13.1. The van der Waals surface area contributed by atoms with E-state index >= 15 is 0 Å². The van der Waals surface area contributed by atoms with E-state index in [9.17, 15) is 0 Å². The van der Waals surface area contributed by atoms with Gasteiger partial charge in [-0.05, 0) is 72.8 Å². The first kappa shape index (κ1) is 35.1. The van der Waals surface area contributed by atoms with Crippen LogP contribution in [-0.2, 0) is 0 Å². The van der Waals surface area contributed by atoms with Crippen LogP contribution in [0.15, 0.2) is 205 Å². The fourth-order valence-corrected chi connectivity index (χ4v) is 10.2. The molecule has 8 aromatic carbocycles. The number of rotatable bonds is 5. The fraction of sp³-hybridized carbons (Fsp3) is 0.0351. The highest BCUT2D eigenvalue weighted by Gasteiger charge is 2.32. The van der Waals surface area contributed by atoms with Gasteiger partial charge in [-0.1, -0.05) is 127 Å². The van der Waals surface area contributed by atoms with Crippen LogP contribution in [0.2, 0.25) is 0 Å². The van der Waals surface area contributed by atoms with Crippen LogP contribution in [0.5, 0.6) is 5.75 Å². The Morgan fingerprint density at radius 1 is 0.391 bits per heavy atom. The van der Waals surface area contributed by atoms with Crippen molar-refractivity contribution in [3.05, 3.63) is 206 Å². The minimum atomic E-state index is -0.0295. The van der Waals surface area contributed by atoms with Crippen LogP contribution in [0.1, 0.15) is 11.5 Å². The number of ether oxygens (including phenoxy) is 1. The third-order valence-electron chi connectivity index (χ3n) is 13.1. The Bertz CT molecular complexity index is 3740. The number of benzene rings is 8. The average molecular weight is 822 g/mol. The van der Waals surface area contributed by atoms with Gasteiger partial charge >= 0.3 is 0 Å². The second-order valence-corrected chi connectivity index (χ2v) is 16.7. The number of para-hydroxylation sites is 5. The fourth-order valence-electron chi connectivity index (χ4n) is 10.2. The summed E-state index contributed by atoms with van der Waals surface area (Å²) < 4.78 is 17.6. The van der Waals surface area contributed by atoms with Crippen molar-refractivity contribution in [2.24, 2.45) is 0 Å².